The summed E-state index contributed by atoms with van der Waals surface area (Å²) in [6.45, 7) is 0. The van der Waals surface area contributed by atoms with Gasteiger partial charge in [-0.15, -0.1) is 4.13 Å². The number of sulfonamides is 2. The van der Waals surface area contributed by atoms with E-state index in [0.29, 0.717) is 0 Å². The van der Waals surface area contributed by atoms with Crippen molar-refractivity contribution in [2.75, 3.05) is 0 Å². The number of nitro benzene ring substituents is 2. The van der Waals surface area contributed by atoms with Crippen molar-refractivity contribution in [3.05, 3.63) is 68.8 Å². The van der Waals surface area contributed by atoms with Crippen LogP contribution >= 0.6 is 0 Å². The second-order valence-corrected chi connectivity index (χ2v) is 8.22. The van der Waals surface area contributed by atoms with Gasteiger partial charge in [-0.25, -0.2) is 16.8 Å². The maximum atomic E-state index is 12.1. The summed E-state index contributed by atoms with van der Waals surface area (Å²) >= 11 is 0. The van der Waals surface area contributed by atoms with Crippen LogP contribution in [0.2, 0.25) is 0 Å². The lowest BCUT2D eigenvalue weighted by molar-refractivity contribution is -0.385. The summed E-state index contributed by atoms with van der Waals surface area (Å²) in [4.78, 5) is 18.6. The summed E-state index contributed by atoms with van der Waals surface area (Å²) in [6.07, 6.45) is 0. The topological polar surface area (TPSA) is 167 Å². The molecule has 0 aliphatic carbocycles. The molecule has 13 heteroatoms. The highest BCUT2D eigenvalue weighted by Gasteiger charge is 2.25. The van der Waals surface area contributed by atoms with E-state index in [4.69, 9.17) is 0 Å². The Balaban J connectivity index is 2.31. The molecule has 0 radical (unpaired) electrons. The van der Waals surface area contributed by atoms with Crippen molar-refractivity contribution in [1.29, 1.82) is 0 Å². The van der Waals surface area contributed by atoms with Crippen molar-refractivity contribution in [2.45, 2.75) is 9.79 Å². The van der Waals surface area contributed by atoms with Gasteiger partial charge in [0, 0.05) is 24.3 Å². The van der Waals surface area contributed by atoms with Crippen LogP contribution in [-0.2, 0) is 20.0 Å². The van der Waals surface area contributed by atoms with Crippen molar-refractivity contribution >= 4 is 31.4 Å². The minimum absolute atomic E-state index is 0.364. The predicted molar refractivity (Wildman–Crippen MR) is 83.7 cm³/mol. The average Bonchev–Trinajstić information content (AvgIpc) is 2.54. The number of non-ortho nitro benzene ring substituents is 2. The number of benzene rings is 2. The second kappa shape index (κ2) is 6.54. The third-order valence-electron chi connectivity index (χ3n) is 2.94. The van der Waals surface area contributed by atoms with E-state index in [9.17, 15) is 37.1 Å². The van der Waals surface area contributed by atoms with Gasteiger partial charge in [0.2, 0.25) is 0 Å². The molecular formula is C12H9N3O8S2. The fourth-order valence-corrected chi connectivity index (χ4v) is 4.65. The summed E-state index contributed by atoms with van der Waals surface area (Å²) in [5.41, 5.74) is -0.727. The van der Waals surface area contributed by atoms with Crippen LogP contribution in [0.4, 0.5) is 11.4 Å². The van der Waals surface area contributed by atoms with Crippen LogP contribution in [0, 0.1) is 20.2 Å². The highest BCUT2D eigenvalue weighted by molar-refractivity contribution is 8.04. The molecule has 0 aliphatic heterocycles. The number of nitrogens with one attached hydrogen (secondary N) is 1. The molecule has 0 saturated heterocycles. The van der Waals surface area contributed by atoms with Crippen molar-refractivity contribution in [3.8, 4) is 0 Å². The van der Waals surface area contributed by atoms with Gasteiger partial charge in [-0.3, -0.25) is 20.2 Å². The zero-order valence-electron chi connectivity index (χ0n) is 12.1. The van der Waals surface area contributed by atoms with Crippen LogP contribution in [0.25, 0.3) is 0 Å². The summed E-state index contributed by atoms with van der Waals surface area (Å²) in [7, 11) is -9.06. The van der Waals surface area contributed by atoms with Gasteiger partial charge in [0.05, 0.1) is 19.6 Å². The SMILES string of the molecule is O=[N+]([O-])c1ccc(S(=O)(=O)NS(=O)(=O)c2ccc([N+](=O)[O-])cc2)cc1. The van der Waals surface area contributed by atoms with E-state index in [1.165, 1.54) is 4.13 Å². The number of rotatable bonds is 6. The Labute approximate surface area is 141 Å². The van der Waals surface area contributed by atoms with Gasteiger partial charge in [0.25, 0.3) is 31.4 Å². The van der Waals surface area contributed by atoms with Crippen LogP contribution in [0.1, 0.15) is 0 Å². The molecule has 0 heterocycles. The summed E-state index contributed by atoms with van der Waals surface area (Å²) in [6, 6.07) is 7.16. The first-order chi connectivity index (χ1) is 11.5. The zero-order valence-corrected chi connectivity index (χ0v) is 13.7. The summed E-state index contributed by atoms with van der Waals surface area (Å²) in [5, 5.41) is 21.1. The van der Waals surface area contributed by atoms with E-state index in [0.717, 1.165) is 48.5 Å². The van der Waals surface area contributed by atoms with E-state index in [1.807, 2.05) is 0 Å². The molecule has 2 aromatic rings. The fourth-order valence-electron chi connectivity index (χ4n) is 1.73. The van der Waals surface area contributed by atoms with Gasteiger partial charge in [-0.2, -0.15) is 0 Å². The normalized spacial score (nSPS) is 11.8. The van der Waals surface area contributed by atoms with Gasteiger partial charge in [-0.1, -0.05) is 0 Å². The van der Waals surface area contributed by atoms with Gasteiger partial charge < -0.3 is 0 Å². The molecule has 11 nitrogen and oxygen atoms in total. The highest BCUT2D eigenvalue weighted by atomic mass is 32.3. The van der Waals surface area contributed by atoms with E-state index >= 15 is 0 Å². The molecule has 0 amide bonds. The third-order valence-corrected chi connectivity index (χ3v) is 6.48. The van der Waals surface area contributed by atoms with Gasteiger partial charge >= 0.3 is 0 Å². The van der Waals surface area contributed by atoms with Gasteiger partial charge in [-0.05, 0) is 24.3 Å². The number of nitro groups is 2. The molecule has 0 bridgehead atoms. The van der Waals surface area contributed by atoms with Crippen LogP contribution in [0.3, 0.4) is 0 Å². The molecular weight excluding hydrogens is 378 g/mol. The Morgan fingerprint density at radius 2 is 0.920 bits per heavy atom. The molecule has 0 saturated carbocycles. The predicted octanol–water partition coefficient (Wildman–Crippen LogP) is 1.17. The number of nitrogens with zero attached hydrogens (tertiary/aromatic N) is 2. The maximum absolute atomic E-state index is 12.1. The lowest BCUT2D eigenvalue weighted by atomic mass is 10.3. The first kappa shape index (κ1) is 18.4. The molecule has 1 N–H and O–H groups in total. The average molecular weight is 387 g/mol. The fraction of sp³-hybridized carbons (Fsp3) is 0. The minimum atomic E-state index is -4.53. The van der Waals surface area contributed by atoms with Crippen LogP contribution < -0.4 is 4.13 Å². The molecule has 25 heavy (non-hydrogen) atoms. The molecule has 132 valence electrons. The van der Waals surface area contributed by atoms with E-state index < -0.39 is 39.7 Å². The van der Waals surface area contributed by atoms with Crippen molar-refractivity contribution in [3.63, 3.8) is 0 Å². The first-order valence-electron chi connectivity index (χ1n) is 6.30. The Bertz CT molecular complexity index is 943. The molecule has 2 rings (SSSR count). The van der Waals surface area contributed by atoms with Crippen molar-refractivity contribution < 1.29 is 26.7 Å². The third kappa shape index (κ3) is 4.14. The molecule has 0 aliphatic rings. The van der Waals surface area contributed by atoms with Crippen molar-refractivity contribution in [1.82, 2.24) is 4.13 Å². The largest absolute Gasteiger partial charge is 0.269 e. The zero-order chi connectivity index (χ0) is 18.8. The van der Waals surface area contributed by atoms with Gasteiger partial charge in [0.1, 0.15) is 0 Å². The molecule has 0 atom stereocenters. The summed E-state index contributed by atoms with van der Waals surface area (Å²) in [5.74, 6) is 0. The lowest BCUT2D eigenvalue weighted by Crippen LogP contribution is -2.30. The maximum Gasteiger partial charge on any atom is 0.269 e. The van der Waals surface area contributed by atoms with E-state index in [2.05, 4.69) is 0 Å². The van der Waals surface area contributed by atoms with Crippen LogP contribution in [0.15, 0.2) is 58.3 Å². The number of hydrogen-bond acceptors (Lipinski definition) is 8. The van der Waals surface area contributed by atoms with Gasteiger partial charge in [0.15, 0.2) is 0 Å². The van der Waals surface area contributed by atoms with Crippen molar-refractivity contribution in [2.24, 2.45) is 0 Å². The lowest BCUT2D eigenvalue weighted by Gasteiger charge is -2.08. The smallest absolute Gasteiger partial charge is 0.258 e. The highest BCUT2D eigenvalue weighted by Crippen LogP contribution is 2.19. The Hall–Kier alpha value is -2.90. The first-order valence-corrected chi connectivity index (χ1v) is 9.27. The molecule has 0 aromatic heterocycles. The van der Waals surface area contributed by atoms with Crippen LogP contribution in [-0.4, -0.2) is 26.7 Å². The Morgan fingerprint density at radius 3 is 1.16 bits per heavy atom. The minimum Gasteiger partial charge on any atom is -0.258 e. The molecule has 0 unspecified atom stereocenters. The Morgan fingerprint density at radius 1 is 0.640 bits per heavy atom. The quantitative estimate of drug-likeness (QED) is 0.569. The molecule has 0 spiro atoms. The standard InChI is InChI=1S/C12H9N3O8S2/c16-14(17)9-1-5-11(6-2-9)24(20,21)13-25(22,23)12-7-3-10(4-8-12)15(18)19/h1-8,13H. The van der Waals surface area contributed by atoms with Crippen LogP contribution in [0.5, 0.6) is 0 Å². The van der Waals surface area contributed by atoms with E-state index in [1.54, 1.807) is 0 Å². The summed E-state index contributed by atoms with van der Waals surface area (Å²) < 4.78 is 49.9. The number of hydrogen-bond donors (Lipinski definition) is 1. The second-order valence-electron chi connectivity index (χ2n) is 4.59. The Kier molecular flexibility index (Phi) is 4.82. The molecule has 0 fully saturated rings. The van der Waals surface area contributed by atoms with E-state index in [-0.39, 0.29) is 11.4 Å². The molecule has 2 aromatic carbocycles. The monoisotopic (exact) mass is 387 g/mol.